The van der Waals surface area contributed by atoms with Crippen molar-refractivity contribution in [2.24, 2.45) is 7.05 Å². The van der Waals surface area contributed by atoms with Crippen LogP contribution in [0.2, 0.25) is 15.1 Å². The Hall–Kier alpha value is -2.62. The first-order valence-electron chi connectivity index (χ1n) is 7.41. The van der Waals surface area contributed by atoms with Crippen LogP contribution in [-0.4, -0.2) is 30.4 Å². The zero-order chi connectivity index (χ0) is 19.7. The van der Waals surface area contributed by atoms with E-state index in [9.17, 15) is 14.9 Å². The Morgan fingerprint density at radius 2 is 1.85 bits per heavy atom. The average Bonchev–Trinajstić information content (AvgIpc) is 3.14. The van der Waals surface area contributed by atoms with Gasteiger partial charge in [-0.25, -0.2) is 0 Å². The summed E-state index contributed by atoms with van der Waals surface area (Å²) in [5.41, 5.74) is -0.131. The lowest BCUT2D eigenvalue weighted by Crippen LogP contribution is -2.15. The number of benzene rings is 1. The Balaban J connectivity index is 1.83. The number of hydrogen-bond acceptors (Lipinski definition) is 5. The van der Waals surface area contributed by atoms with Crippen LogP contribution in [0.15, 0.2) is 30.6 Å². The maximum atomic E-state index is 12.3. The van der Waals surface area contributed by atoms with Crippen molar-refractivity contribution in [1.82, 2.24) is 19.6 Å². The number of carbonyl (C=O) groups excluding carboxylic acids is 1. The van der Waals surface area contributed by atoms with E-state index < -0.39 is 16.5 Å². The molecule has 12 heteroatoms. The van der Waals surface area contributed by atoms with Gasteiger partial charge in [-0.05, 0) is 12.1 Å². The molecule has 1 aromatic carbocycles. The first-order chi connectivity index (χ1) is 12.8. The molecule has 9 nitrogen and oxygen atoms in total. The first-order valence-corrected chi connectivity index (χ1v) is 8.55. The predicted molar refractivity (Wildman–Crippen MR) is 101 cm³/mol. The van der Waals surface area contributed by atoms with Crippen LogP contribution in [0.5, 0.6) is 0 Å². The number of anilines is 1. The van der Waals surface area contributed by atoms with Gasteiger partial charge in [0.15, 0.2) is 5.82 Å². The molecule has 3 rings (SSSR count). The molecule has 0 aliphatic rings. The Labute approximate surface area is 167 Å². The molecule has 0 saturated heterocycles. The molecular weight excluding hydrogens is 419 g/mol. The van der Waals surface area contributed by atoms with Crippen LogP contribution in [0.4, 0.5) is 11.5 Å². The highest BCUT2D eigenvalue weighted by Gasteiger charge is 2.26. The van der Waals surface area contributed by atoms with E-state index >= 15 is 0 Å². The number of rotatable bonds is 5. The van der Waals surface area contributed by atoms with Crippen molar-refractivity contribution in [3.8, 4) is 0 Å². The summed E-state index contributed by atoms with van der Waals surface area (Å²) in [6.45, 7) is 0.220. The first kappa shape index (κ1) is 19.2. The second kappa shape index (κ2) is 7.55. The van der Waals surface area contributed by atoms with E-state index in [-0.39, 0.29) is 23.1 Å². The van der Waals surface area contributed by atoms with Crippen molar-refractivity contribution >= 4 is 52.2 Å². The number of nitro groups is 1. The van der Waals surface area contributed by atoms with Gasteiger partial charge in [0.1, 0.15) is 11.2 Å². The fourth-order valence-electron chi connectivity index (χ4n) is 2.35. The van der Waals surface area contributed by atoms with Crippen LogP contribution in [-0.2, 0) is 13.6 Å². The SMILES string of the molecule is Cn1cc([N+](=O)[O-])c(C(=O)Nc2nn(Cc3c(Cl)cccc3Cl)cc2Cl)n1. The highest BCUT2D eigenvalue weighted by molar-refractivity contribution is 6.36. The minimum atomic E-state index is -0.801. The highest BCUT2D eigenvalue weighted by Crippen LogP contribution is 2.27. The standard InChI is InChI=1S/C15H11Cl3N6O3/c1-22-7-12(24(26)27)13(20-22)15(25)19-14-11(18)6-23(21-14)5-8-9(16)3-2-4-10(8)17/h2-4,6-7H,5H2,1H3,(H,19,21,25). The van der Waals surface area contributed by atoms with Crippen molar-refractivity contribution in [2.45, 2.75) is 6.54 Å². The van der Waals surface area contributed by atoms with Gasteiger partial charge in [-0.2, -0.15) is 10.2 Å². The van der Waals surface area contributed by atoms with Gasteiger partial charge in [0.05, 0.1) is 11.5 Å². The van der Waals surface area contributed by atoms with Crippen molar-refractivity contribution in [3.05, 3.63) is 67.0 Å². The third-order valence-corrected chi connectivity index (χ3v) is 4.54. The van der Waals surface area contributed by atoms with Gasteiger partial charge < -0.3 is 5.32 Å². The van der Waals surface area contributed by atoms with Crippen LogP contribution in [0.25, 0.3) is 0 Å². The number of amides is 1. The molecule has 0 atom stereocenters. The van der Waals surface area contributed by atoms with E-state index in [1.54, 1.807) is 18.2 Å². The Morgan fingerprint density at radius 1 is 1.19 bits per heavy atom. The summed E-state index contributed by atoms with van der Waals surface area (Å²) in [6, 6.07) is 5.10. The number of nitrogens with one attached hydrogen (secondary N) is 1. The van der Waals surface area contributed by atoms with E-state index in [0.717, 1.165) is 6.20 Å². The number of hydrogen-bond donors (Lipinski definition) is 1. The summed E-state index contributed by atoms with van der Waals surface area (Å²) in [5.74, 6) is -0.769. The fraction of sp³-hybridized carbons (Fsp3) is 0.133. The molecule has 0 aliphatic carbocycles. The Bertz CT molecular complexity index is 1030. The Kier molecular flexibility index (Phi) is 5.36. The molecule has 27 heavy (non-hydrogen) atoms. The molecule has 3 aromatic rings. The van der Waals surface area contributed by atoms with Crippen LogP contribution < -0.4 is 5.32 Å². The number of aryl methyl sites for hydroxylation is 1. The second-order valence-corrected chi connectivity index (χ2v) is 6.69. The number of aromatic nitrogens is 4. The Morgan fingerprint density at radius 3 is 2.48 bits per heavy atom. The molecule has 0 saturated carbocycles. The van der Waals surface area contributed by atoms with Gasteiger partial charge in [0.2, 0.25) is 5.69 Å². The lowest BCUT2D eigenvalue weighted by atomic mass is 10.2. The summed E-state index contributed by atoms with van der Waals surface area (Å²) < 4.78 is 2.62. The predicted octanol–water partition coefficient (Wildman–Crippen LogP) is 3.79. The minimum absolute atomic E-state index is 0.0322. The van der Waals surface area contributed by atoms with E-state index in [0.29, 0.717) is 15.6 Å². The van der Waals surface area contributed by atoms with E-state index in [1.165, 1.54) is 22.6 Å². The average molecular weight is 430 g/mol. The highest BCUT2D eigenvalue weighted by atomic mass is 35.5. The molecule has 140 valence electrons. The normalized spacial score (nSPS) is 10.8. The quantitative estimate of drug-likeness (QED) is 0.490. The molecule has 0 fully saturated rings. The number of halogens is 3. The zero-order valence-electron chi connectivity index (χ0n) is 13.7. The summed E-state index contributed by atoms with van der Waals surface area (Å²) in [7, 11) is 1.47. The lowest BCUT2D eigenvalue weighted by molar-refractivity contribution is -0.385. The molecule has 0 radical (unpaired) electrons. The summed E-state index contributed by atoms with van der Waals surface area (Å²) >= 11 is 18.4. The monoisotopic (exact) mass is 428 g/mol. The smallest absolute Gasteiger partial charge is 0.302 e. The molecule has 1 amide bonds. The van der Waals surface area contributed by atoms with Gasteiger partial charge >= 0.3 is 5.69 Å². The summed E-state index contributed by atoms with van der Waals surface area (Å²) in [4.78, 5) is 22.7. The van der Waals surface area contributed by atoms with Crippen molar-refractivity contribution < 1.29 is 9.72 Å². The fourth-order valence-corrected chi connectivity index (χ4v) is 3.06. The molecular formula is C15H11Cl3N6O3. The van der Waals surface area contributed by atoms with Crippen LogP contribution in [0, 0.1) is 10.1 Å². The van der Waals surface area contributed by atoms with Crippen LogP contribution >= 0.6 is 34.8 Å². The minimum Gasteiger partial charge on any atom is -0.302 e. The lowest BCUT2D eigenvalue weighted by Gasteiger charge is -2.06. The summed E-state index contributed by atoms with van der Waals surface area (Å²) in [6.07, 6.45) is 2.61. The van der Waals surface area contributed by atoms with Crippen molar-refractivity contribution in [1.29, 1.82) is 0 Å². The molecule has 2 heterocycles. The van der Waals surface area contributed by atoms with Crippen LogP contribution in [0.3, 0.4) is 0 Å². The second-order valence-electron chi connectivity index (χ2n) is 5.47. The third-order valence-electron chi connectivity index (χ3n) is 3.55. The van der Waals surface area contributed by atoms with Gasteiger partial charge in [-0.3, -0.25) is 24.3 Å². The molecule has 2 aromatic heterocycles. The van der Waals surface area contributed by atoms with Crippen molar-refractivity contribution in [2.75, 3.05) is 5.32 Å². The number of carbonyl (C=O) groups is 1. The third kappa shape index (κ3) is 4.05. The summed E-state index contributed by atoms with van der Waals surface area (Å²) in [5, 5.41) is 22.5. The van der Waals surface area contributed by atoms with E-state index in [4.69, 9.17) is 34.8 Å². The van der Waals surface area contributed by atoms with Gasteiger partial charge in [0.25, 0.3) is 5.91 Å². The van der Waals surface area contributed by atoms with Gasteiger partial charge in [0, 0.05) is 28.9 Å². The molecule has 0 spiro atoms. The number of nitrogens with zero attached hydrogens (tertiary/aromatic N) is 5. The van der Waals surface area contributed by atoms with Gasteiger partial charge in [-0.15, -0.1) is 0 Å². The maximum Gasteiger partial charge on any atom is 0.320 e. The maximum absolute atomic E-state index is 12.3. The molecule has 0 aliphatic heterocycles. The van der Waals surface area contributed by atoms with Gasteiger partial charge in [-0.1, -0.05) is 40.9 Å². The van der Waals surface area contributed by atoms with Crippen molar-refractivity contribution in [3.63, 3.8) is 0 Å². The molecule has 0 unspecified atom stereocenters. The van der Waals surface area contributed by atoms with Crippen LogP contribution in [0.1, 0.15) is 16.1 Å². The topological polar surface area (TPSA) is 108 Å². The molecule has 1 N–H and O–H groups in total. The largest absolute Gasteiger partial charge is 0.320 e. The molecule has 0 bridgehead atoms. The van der Waals surface area contributed by atoms with E-state index in [1.807, 2.05) is 0 Å². The van der Waals surface area contributed by atoms with E-state index in [2.05, 4.69) is 15.5 Å². The zero-order valence-corrected chi connectivity index (χ0v) is 16.0.